The molecule has 0 aromatic heterocycles. The predicted octanol–water partition coefficient (Wildman–Crippen LogP) is 0.702. The van der Waals surface area contributed by atoms with E-state index in [9.17, 15) is 0 Å². The Morgan fingerprint density at radius 1 is 0.826 bits per heavy atom. The number of benzene rings is 2. The summed E-state index contributed by atoms with van der Waals surface area (Å²) in [7, 11) is 0. The summed E-state index contributed by atoms with van der Waals surface area (Å²) >= 11 is 5.88. The lowest BCUT2D eigenvalue weighted by Crippen LogP contribution is -3.27. The van der Waals surface area contributed by atoms with Gasteiger partial charge in [-0.2, -0.15) is 0 Å². The highest BCUT2D eigenvalue weighted by molar-refractivity contribution is 6.30. The molecule has 1 aliphatic heterocycles. The van der Waals surface area contributed by atoms with Crippen LogP contribution >= 0.6 is 11.6 Å². The molecule has 0 radical (unpaired) electrons. The summed E-state index contributed by atoms with van der Waals surface area (Å²) in [6.07, 6.45) is 0. The van der Waals surface area contributed by atoms with Crippen molar-refractivity contribution in [1.82, 2.24) is 0 Å². The van der Waals surface area contributed by atoms with Crippen LogP contribution in [-0.4, -0.2) is 39.3 Å². The van der Waals surface area contributed by atoms with Crippen LogP contribution in [0.15, 0.2) is 54.6 Å². The van der Waals surface area contributed by atoms with Crippen molar-refractivity contribution in [2.45, 2.75) is 6.54 Å². The Hall–Kier alpha value is -1.55. The maximum absolute atomic E-state index is 5.88. The summed E-state index contributed by atoms with van der Waals surface area (Å²) in [5.74, 6) is 0.905. The Bertz CT molecular complexity index is 580. The molecule has 0 saturated carbocycles. The zero-order chi connectivity index (χ0) is 15.9. The third-order valence-corrected chi connectivity index (χ3v) is 4.75. The second-order valence-electron chi connectivity index (χ2n) is 6.21. The molecule has 0 aliphatic carbocycles. The van der Waals surface area contributed by atoms with E-state index >= 15 is 0 Å². The number of piperazine rings is 1. The lowest BCUT2D eigenvalue weighted by atomic mass is 10.2. The summed E-state index contributed by atoms with van der Waals surface area (Å²) in [4.78, 5) is 3.34. The van der Waals surface area contributed by atoms with Gasteiger partial charge in [0, 0.05) is 10.6 Å². The first-order valence-corrected chi connectivity index (χ1v) is 8.77. The van der Waals surface area contributed by atoms with E-state index in [1.54, 1.807) is 9.80 Å². The van der Waals surface area contributed by atoms with Crippen LogP contribution in [0.5, 0.6) is 5.75 Å². The smallest absolute Gasteiger partial charge is 0.137 e. The van der Waals surface area contributed by atoms with Gasteiger partial charge in [0.05, 0.1) is 0 Å². The van der Waals surface area contributed by atoms with E-state index in [-0.39, 0.29) is 0 Å². The Labute approximate surface area is 143 Å². The second kappa shape index (κ2) is 8.34. The van der Waals surface area contributed by atoms with Crippen LogP contribution in [0.25, 0.3) is 0 Å². The van der Waals surface area contributed by atoms with Gasteiger partial charge in [-0.15, -0.1) is 0 Å². The number of quaternary nitrogens is 2. The lowest BCUT2D eigenvalue weighted by molar-refractivity contribution is -1.02. The van der Waals surface area contributed by atoms with Gasteiger partial charge in [-0.25, -0.2) is 0 Å². The van der Waals surface area contributed by atoms with Crippen LogP contribution < -0.4 is 14.5 Å². The van der Waals surface area contributed by atoms with Gasteiger partial charge in [0.15, 0.2) is 0 Å². The molecule has 1 heterocycles. The number of hydrogen-bond acceptors (Lipinski definition) is 1. The van der Waals surface area contributed by atoms with E-state index in [0.717, 1.165) is 30.5 Å². The van der Waals surface area contributed by atoms with Gasteiger partial charge < -0.3 is 14.5 Å². The van der Waals surface area contributed by atoms with Crippen LogP contribution in [0, 0.1) is 0 Å². The highest BCUT2D eigenvalue weighted by atomic mass is 35.5. The molecule has 0 spiro atoms. The zero-order valence-electron chi connectivity index (χ0n) is 13.4. The maximum atomic E-state index is 5.88. The molecule has 0 unspecified atom stereocenters. The molecule has 1 aliphatic rings. The number of hydrogen-bond donors (Lipinski definition) is 2. The third-order valence-electron chi connectivity index (χ3n) is 4.50. The average molecular weight is 333 g/mol. The molecule has 2 aromatic carbocycles. The molecule has 23 heavy (non-hydrogen) atoms. The summed E-state index contributed by atoms with van der Waals surface area (Å²) in [5.41, 5.74) is 1.44. The van der Waals surface area contributed by atoms with E-state index in [4.69, 9.17) is 16.3 Å². The van der Waals surface area contributed by atoms with Crippen molar-refractivity contribution in [1.29, 1.82) is 0 Å². The molecule has 3 nitrogen and oxygen atoms in total. The fourth-order valence-electron chi connectivity index (χ4n) is 3.11. The zero-order valence-corrected chi connectivity index (χ0v) is 14.2. The van der Waals surface area contributed by atoms with Gasteiger partial charge in [0.1, 0.15) is 51.6 Å². The van der Waals surface area contributed by atoms with Crippen molar-refractivity contribution in [2.24, 2.45) is 0 Å². The first-order chi connectivity index (χ1) is 11.3. The summed E-state index contributed by atoms with van der Waals surface area (Å²) in [5, 5.41) is 0.750. The number of nitrogens with one attached hydrogen (secondary N) is 2. The predicted molar refractivity (Wildman–Crippen MR) is 93.4 cm³/mol. The summed E-state index contributed by atoms with van der Waals surface area (Å²) in [6, 6.07) is 18.4. The largest absolute Gasteiger partial charge is 0.488 e. The van der Waals surface area contributed by atoms with Gasteiger partial charge in [0.2, 0.25) is 0 Å². The van der Waals surface area contributed by atoms with Crippen LogP contribution in [0.2, 0.25) is 5.02 Å². The fourth-order valence-corrected chi connectivity index (χ4v) is 3.24. The molecule has 4 heteroatoms. The molecular weight excluding hydrogens is 308 g/mol. The molecule has 1 fully saturated rings. The van der Waals surface area contributed by atoms with E-state index < -0.39 is 0 Å². The molecule has 0 amide bonds. The van der Waals surface area contributed by atoms with Crippen molar-refractivity contribution >= 4 is 11.6 Å². The normalized spacial score (nSPS) is 21.1. The Balaban J connectivity index is 1.35. The molecule has 2 N–H and O–H groups in total. The van der Waals surface area contributed by atoms with Crippen molar-refractivity contribution in [3.8, 4) is 5.75 Å². The van der Waals surface area contributed by atoms with E-state index in [0.29, 0.717) is 0 Å². The molecule has 0 atom stereocenters. The molecule has 3 rings (SSSR count). The summed E-state index contributed by atoms with van der Waals surface area (Å²) < 4.78 is 5.80. The molecule has 2 aromatic rings. The van der Waals surface area contributed by atoms with Crippen LogP contribution in [-0.2, 0) is 6.54 Å². The first-order valence-electron chi connectivity index (χ1n) is 8.39. The minimum Gasteiger partial charge on any atom is -0.488 e. The van der Waals surface area contributed by atoms with E-state index in [1.165, 1.54) is 31.7 Å². The monoisotopic (exact) mass is 332 g/mol. The number of rotatable bonds is 6. The molecular formula is C19H25ClN2O+2. The number of halogens is 1. The minimum absolute atomic E-state index is 0.750. The van der Waals surface area contributed by atoms with Crippen molar-refractivity contribution < 1.29 is 14.5 Å². The van der Waals surface area contributed by atoms with Crippen molar-refractivity contribution in [2.75, 3.05) is 39.3 Å². The quantitative estimate of drug-likeness (QED) is 0.797. The first kappa shape index (κ1) is 16.3. The summed E-state index contributed by atoms with van der Waals surface area (Å²) in [6.45, 7) is 7.93. The maximum Gasteiger partial charge on any atom is 0.137 e. The van der Waals surface area contributed by atoms with Crippen LogP contribution in [0.3, 0.4) is 0 Å². The van der Waals surface area contributed by atoms with Gasteiger partial charge in [0.25, 0.3) is 0 Å². The Morgan fingerprint density at radius 2 is 1.48 bits per heavy atom. The van der Waals surface area contributed by atoms with Crippen LogP contribution in [0.1, 0.15) is 5.56 Å². The van der Waals surface area contributed by atoms with E-state index in [1.807, 2.05) is 24.3 Å². The Morgan fingerprint density at radius 3 is 2.17 bits per heavy atom. The number of ether oxygens (including phenoxy) is 1. The van der Waals surface area contributed by atoms with Crippen LogP contribution in [0.4, 0.5) is 0 Å². The molecule has 1 saturated heterocycles. The van der Waals surface area contributed by atoms with Gasteiger partial charge in [-0.3, -0.25) is 0 Å². The molecule has 122 valence electrons. The Kier molecular flexibility index (Phi) is 5.92. The lowest BCUT2D eigenvalue weighted by Gasteiger charge is -2.29. The second-order valence-corrected chi connectivity index (χ2v) is 6.65. The van der Waals surface area contributed by atoms with Gasteiger partial charge >= 0.3 is 0 Å². The van der Waals surface area contributed by atoms with Gasteiger partial charge in [-0.1, -0.05) is 41.9 Å². The fraction of sp³-hybridized carbons (Fsp3) is 0.368. The van der Waals surface area contributed by atoms with Gasteiger partial charge in [-0.05, 0) is 24.3 Å². The standard InChI is InChI=1S/C19H23ClN2O/c20-18-6-8-19(9-7-18)23-15-14-21-10-12-22(13-11-21)16-17-4-2-1-3-5-17/h1-9H,10-16H2/p+2. The van der Waals surface area contributed by atoms with Crippen molar-refractivity contribution in [3.05, 3.63) is 65.2 Å². The minimum atomic E-state index is 0.750. The third kappa shape index (κ3) is 5.24. The van der Waals surface area contributed by atoms with E-state index in [2.05, 4.69) is 30.3 Å². The highest BCUT2D eigenvalue weighted by Crippen LogP contribution is 2.14. The average Bonchev–Trinajstić information content (AvgIpc) is 2.59. The highest BCUT2D eigenvalue weighted by Gasteiger charge is 2.22. The SMILES string of the molecule is Clc1ccc(OCC[NH+]2CC[NH+](Cc3ccccc3)CC2)cc1. The molecule has 0 bridgehead atoms. The topological polar surface area (TPSA) is 18.1 Å². The van der Waals surface area contributed by atoms with Crippen molar-refractivity contribution in [3.63, 3.8) is 0 Å².